The van der Waals surface area contributed by atoms with Crippen molar-refractivity contribution in [1.29, 1.82) is 0 Å². The van der Waals surface area contributed by atoms with Crippen LogP contribution in [-0.4, -0.2) is 11.8 Å². The second-order valence-corrected chi connectivity index (χ2v) is 3.56. The lowest BCUT2D eigenvalue weighted by Crippen LogP contribution is -2.14. The van der Waals surface area contributed by atoms with Crippen molar-refractivity contribution in [1.82, 2.24) is 0 Å². The van der Waals surface area contributed by atoms with E-state index < -0.39 is 0 Å². The molecule has 0 rings (SSSR count). The minimum atomic E-state index is 0.182. The van der Waals surface area contributed by atoms with Gasteiger partial charge in [-0.1, -0.05) is 42.8 Å². The van der Waals surface area contributed by atoms with Gasteiger partial charge < -0.3 is 5.73 Å². The Morgan fingerprint density at radius 2 is 2.31 bits per heavy atom. The Balaban J connectivity index is 4.10. The second-order valence-electron chi connectivity index (χ2n) is 2.89. The maximum absolute atomic E-state index is 5.69. The van der Waals surface area contributed by atoms with Gasteiger partial charge in [-0.3, -0.25) is 5.14 Å². The van der Waals surface area contributed by atoms with Crippen molar-refractivity contribution in [2.75, 3.05) is 5.75 Å². The van der Waals surface area contributed by atoms with Crippen LogP contribution in [0.1, 0.15) is 13.3 Å². The maximum atomic E-state index is 5.69. The number of allylic oxidation sites excluding steroid dienone is 3. The van der Waals surface area contributed by atoms with E-state index in [0.717, 1.165) is 12.2 Å². The molecule has 0 amide bonds. The van der Waals surface area contributed by atoms with Gasteiger partial charge in [-0.25, -0.2) is 0 Å². The van der Waals surface area contributed by atoms with E-state index in [9.17, 15) is 0 Å². The number of hydrogen-bond donors (Lipinski definition) is 2. The molecular weight excluding hydrogens is 180 g/mol. The zero-order valence-electron chi connectivity index (χ0n) is 8.07. The molecule has 4 N–H and O–H groups in total. The van der Waals surface area contributed by atoms with Crippen LogP contribution in [0, 0.1) is 0 Å². The van der Waals surface area contributed by atoms with E-state index in [1.54, 1.807) is 6.08 Å². The SMILES string of the molecule is C=C/C=C(\C=C/CSN)CC(C)N. The van der Waals surface area contributed by atoms with E-state index in [4.69, 9.17) is 10.9 Å². The average molecular weight is 198 g/mol. The van der Waals surface area contributed by atoms with Gasteiger partial charge in [-0.2, -0.15) is 0 Å². The molecule has 0 fully saturated rings. The molecule has 0 radical (unpaired) electrons. The van der Waals surface area contributed by atoms with Crippen molar-refractivity contribution in [3.8, 4) is 0 Å². The molecule has 0 heterocycles. The Hall–Kier alpha value is -0.510. The van der Waals surface area contributed by atoms with Crippen molar-refractivity contribution in [3.05, 3.63) is 36.5 Å². The van der Waals surface area contributed by atoms with Gasteiger partial charge in [0.25, 0.3) is 0 Å². The number of rotatable bonds is 6. The third-order valence-corrected chi connectivity index (χ3v) is 1.80. The lowest BCUT2D eigenvalue weighted by atomic mass is 10.1. The molecule has 0 aliphatic rings. The third kappa shape index (κ3) is 7.84. The fraction of sp³-hybridized carbons (Fsp3) is 0.400. The van der Waals surface area contributed by atoms with Crippen LogP contribution >= 0.6 is 11.9 Å². The summed E-state index contributed by atoms with van der Waals surface area (Å²) in [5.41, 5.74) is 6.88. The molecule has 0 aliphatic carbocycles. The molecule has 2 nitrogen and oxygen atoms in total. The van der Waals surface area contributed by atoms with Crippen molar-refractivity contribution in [2.45, 2.75) is 19.4 Å². The van der Waals surface area contributed by atoms with Crippen LogP contribution < -0.4 is 10.9 Å². The van der Waals surface area contributed by atoms with Gasteiger partial charge in [0, 0.05) is 11.8 Å². The Morgan fingerprint density at radius 3 is 2.77 bits per heavy atom. The summed E-state index contributed by atoms with van der Waals surface area (Å²) in [6.45, 7) is 5.64. The van der Waals surface area contributed by atoms with Gasteiger partial charge in [0.1, 0.15) is 0 Å². The Labute approximate surface area is 84.9 Å². The summed E-state index contributed by atoms with van der Waals surface area (Å²) in [5, 5.41) is 5.29. The molecule has 0 saturated heterocycles. The van der Waals surface area contributed by atoms with Crippen molar-refractivity contribution >= 4 is 11.9 Å². The minimum absolute atomic E-state index is 0.182. The average Bonchev–Trinajstić information content (AvgIpc) is 2.04. The van der Waals surface area contributed by atoms with Crippen LogP contribution in [-0.2, 0) is 0 Å². The molecule has 0 aromatic carbocycles. The maximum Gasteiger partial charge on any atom is 0.0260 e. The van der Waals surface area contributed by atoms with Gasteiger partial charge in [-0.15, -0.1) is 0 Å². The summed E-state index contributed by atoms with van der Waals surface area (Å²) in [6, 6.07) is 0.182. The van der Waals surface area contributed by atoms with Crippen molar-refractivity contribution < 1.29 is 0 Å². The van der Waals surface area contributed by atoms with Crippen LogP contribution in [0.4, 0.5) is 0 Å². The second kappa shape index (κ2) is 8.10. The molecule has 0 bridgehead atoms. The molecular formula is C10H18N2S. The summed E-state index contributed by atoms with van der Waals surface area (Å²) in [7, 11) is 0. The Kier molecular flexibility index (Phi) is 7.79. The predicted octanol–water partition coefficient (Wildman–Crippen LogP) is 2.00. The van der Waals surface area contributed by atoms with E-state index in [2.05, 4.69) is 6.58 Å². The van der Waals surface area contributed by atoms with E-state index in [1.807, 2.05) is 25.2 Å². The monoisotopic (exact) mass is 198 g/mol. The van der Waals surface area contributed by atoms with Crippen LogP contribution in [0.25, 0.3) is 0 Å². The molecule has 0 aliphatic heterocycles. The van der Waals surface area contributed by atoms with E-state index in [-0.39, 0.29) is 6.04 Å². The highest BCUT2D eigenvalue weighted by molar-refractivity contribution is 7.97. The Morgan fingerprint density at radius 1 is 1.62 bits per heavy atom. The highest BCUT2D eigenvalue weighted by atomic mass is 32.2. The fourth-order valence-corrected chi connectivity index (χ4v) is 1.18. The van der Waals surface area contributed by atoms with Crippen molar-refractivity contribution in [2.24, 2.45) is 10.9 Å². The van der Waals surface area contributed by atoms with Gasteiger partial charge in [0.05, 0.1) is 0 Å². The first-order chi connectivity index (χ1) is 6.20. The quantitative estimate of drug-likeness (QED) is 0.507. The zero-order chi connectivity index (χ0) is 10.1. The summed E-state index contributed by atoms with van der Waals surface area (Å²) in [4.78, 5) is 0. The molecule has 13 heavy (non-hydrogen) atoms. The van der Waals surface area contributed by atoms with Gasteiger partial charge >= 0.3 is 0 Å². The molecule has 0 spiro atoms. The van der Waals surface area contributed by atoms with E-state index in [0.29, 0.717) is 0 Å². The fourth-order valence-electron chi connectivity index (χ4n) is 0.970. The van der Waals surface area contributed by atoms with E-state index >= 15 is 0 Å². The number of hydrogen-bond acceptors (Lipinski definition) is 3. The summed E-state index contributed by atoms with van der Waals surface area (Å²) in [5.74, 6) is 0.827. The lowest BCUT2D eigenvalue weighted by Gasteiger charge is -2.04. The predicted molar refractivity (Wildman–Crippen MR) is 62.3 cm³/mol. The first-order valence-corrected chi connectivity index (χ1v) is 5.31. The smallest absolute Gasteiger partial charge is 0.0260 e. The highest BCUT2D eigenvalue weighted by Crippen LogP contribution is 2.06. The van der Waals surface area contributed by atoms with E-state index in [1.165, 1.54) is 17.5 Å². The molecule has 0 saturated carbocycles. The standard InChI is InChI=1S/C10H18N2S/c1-3-5-10(8-9(2)11)6-4-7-13-12/h3-6,9H,1,7-8,11-12H2,2H3/b6-4-,10-5+. The first kappa shape index (κ1) is 12.5. The first-order valence-electron chi connectivity index (χ1n) is 4.26. The molecule has 74 valence electrons. The van der Waals surface area contributed by atoms with Crippen LogP contribution in [0.15, 0.2) is 36.5 Å². The molecule has 0 aromatic rings. The Bertz CT molecular complexity index is 195. The van der Waals surface area contributed by atoms with Gasteiger partial charge in [0.15, 0.2) is 0 Å². The van der Waals surface area contributed by atoms with Gasteiger partial charge in [0.2, 0.25) is 0 Å². The summed E-state index contributed by atoms with van der Waals surface area (Å²) >= 11 is 1.31. The molecule has 0 aromatic heterocycles. The lowest BCUT2D eigenvalue weighted by molar-refractivity contribution is 0.741. The van der Waals surface area contributed by atoms with Gasteiger partial charge in [-0.05, 0) is 18.9 Å². The number of nitrogens with two attached hydrogens (primary N) is 2. The summed E-state index contributed by atoms with van der Waals surface area (Å²) < 4.78 is 0. The normalized spacial score (nSPS) is 14.8. The van der Waals surface area contributed by atoms with Crippen LogP contribution in [0.2, 0.25) is 0 Å². The third-order valence-electron chi connectivity index (χ3n) is 1.41. The topological polar surface area (TPSA) is 52.0 Å². The van der Waals surface area contributed by atoms with Crippen LogP contribution in [0.5, 0.6) is 0 Å². The zero-order valence-corrected chi connectivity index (χ0v) is 8.89. The highest BCUT2D eigenvalue weighted by Gasteiger charge is 1.96. The largest absolute Gasteiger partial charge is 0.328 e. The minimum Gasteiger partial charge on any atom is -0.328 e. The van der Waals surface area contributed by atoms with Crippen LogP contribution in [0.3, 0.4) is 0 Å². The summed E-state index contributed by atoms with van der Waals surface area (Å²) in [6.07, 6.45) is 8.70. The van der Waals surface area contributed by atoms with Crippen molar-refractivity contribution in [3.63, 3.8) is 0 Å². The molecule has 1 unspecified atom stereocenters. The molecule has 1 atom stereocenters. The molecule has 3 heteroatoms.